The van der Waals surface area contributed by atoms with Crippen LogP contribution in [0.1, 0.15) is 32.7 Å². The van der Waals surface area contributed by atoms with Crippen LogP contribution in [0.5, 0.6) is 5.75 Å². The molecule has 31 heavy (non-hydrogen) atoms. The molecule has 7 nitrogen and oxygen atoms in total. The van der Waals surface area contributed by atoms with Crippen molar-refractivity contribution in [3.63, 3.8) is 0 Å². The van der Waals surface area contributed by atoms with Crippen molar-refractivity contribution in [1.82, 2.24) is 4.57 Å². The molecule has 4 rings (SSSR count). The Morgan fingerprint density at radius 1 is 1.23 bits per heavy atom. The van der Waals surface area contributed by atoms with Gasteiger partial charge in [-0.15, -0.1) is 0 Å². The Balaban J connectivity index is 1.73. The molecule has 1 amide bonds. The number of fused-ring (bicyclic) bond motifs is 1. The molecule has 1 atom stereocenters. The summed E-state index contributed by atoms with van der Waals surface area (Å²) in [6.45, 7) is 6.32. The number of nitrogens with zero attached hydrogens (tertiary/aromatic N) is 1. The lowest BCUT2D eigenvalue weighted by atomic mass is 10.1. The van der Waals surface area contributed by atoms with Gasteiger partial charge in [-0.1, -0.05) is 19.1 Å². The highest BCUT2D eigenvalue weighted by molar-refractivity contribution is 6.01. The molecule has 0 aliphatic carbocycles. The average molecular weight is 424 g/mol. The average Bonchev–Trinajstić information content (AvgIpc) is 3.39. The van der Waals surface area contributed by atoms with Gasteiger partial charge in [-0.25, -0.2) is 4.79 Å². The quantitative estimate of drug-likeness (QED) is 0.545. The maximum atomic E-state index is 11.8. The van der Waals surface area contributed by atoms with Gasteiger partial charge in [0.15, 0.2) is 0 Å². The second-order valence-corrected chi connectivity index (χ2v) is 7.60. The molecule has 1 aromatic heterocycles. The van der Waals surface area contributed by atoms with E-state index in [1.54, 1.807) is 0 Å². The third-order valence-electron chi connectivity index (χ3n) is 5.44. The summed E-state index contributed by atoms with van der Waals surface area (Å²) in [7, 11) is 0. The van der Waals surface area contributed by atoms with Crippen molar-refractivity contribution < 1.29 is 19.0 Å². The second kappa shape index (κ2) is 9.31. The van der Waals surface area contributed by atoms with Crippen LogP contribution in [0.3, 0.4) is 0 Å². The molecule has 0 saturated carbocycles. The molecule has 0 spiro atoms. The Morgan fingerprint density at radius 3 is 2.71 bits per heavy atom. The Kier molecular flexibility index (Phi) is 6.32. The monoisotopic (exact) mass is 423 g/mol. The first-order chi connectivity index (χ1) is 15.1. The van der Waals surface area contributed by atoms with Crippen molar-refractivity contribution >= 4 is 28.4 Å². The fourth-order valence-corrected chi connectivity index (χ4v) is 4.03. The molecule has 164 valence electrons. The minimum absolute atomic E-state index is 0.202. The largest absolute Gasteiger partial charge is 0.494 e. The van der Waals surface area contributed by atoms with Crippen molar-refractivity contribution in [2.45, 2.75) is 32.7 Å². The molecule has 3 aromatic rings. The SMILES string of the molecule is CCCOC(=O)Nc1ccc(-c2c(N)c3ccc(OCC)cc3n2C2CCOC2)cc1. The number of carbonyl (C=O) groups excluding carboxylic acids is 1. The molecule has 7 heteroatoms. The van der Waals surface area contributed by atoms with Gasteiger partial charge < -0.3 is 24.5 Å². The molecule has 0 bridgehead atoms. The van der Waals surface area contributed by atoms with Crippen LogP contribution in [0.2, 0.25) is 0 Å². The van der Waals surface area contributed by atoms with E-state index in [1.165, 1.54) is 0 Å². The number of benzene rings is 2. The van der Waals surface area contributed by atoms with Gasteiger partial charge in [-0.05, 0) is 44.0 Å². The van der Waals surface area contributed by atoms with Crippen molar-refractivity contribution in [3.8, 4) is 17.0 Å². The third kappa shape index (κ3) is 4.32. The number of rotatable bonds is 7. The van der Waals surface area contributed by atoms with Gasteiger partial charge >= 0.3 is 6.09 Å². The van der Waals surface area contributed by atoms with Crippen LogP contribution in [-0.4, -0.2) is 37.1 Å². The Bertz CT molecular complexity index is 1050. The van der Waals surface area contributed by atoms with Gasteiger partial charge in [0.25, 0.3) is 0 Å². The summed E-state index contributed by atoms with van der Waals surface area (Å²) in [5.74, 6) is 0.823. The van der Waals surface area contributed by atoms with Gasteiger partial charge in [0, 0.05) is 29.3 Å². The zero-order valence-electron chi connectivity index (χ0n) is 18.0. The number of hydrogen-bond acceptors (Lipinski definition) is 5. The highest BCUT2D eigenvalue weighted by Crippen LogP contribution is 2.41. The van der Waals surface area contributed by atoms with Crippen molar-refractivity contribution in [3.05, 3.63) is 42.5 Å². The number of amides is 1. The fourth-order valence-electron chi connectivity index (χ4n) is 4.03. The molecule has 2 aromatic carbocycles. The molecule has 1 fully saturated rings. The molecule has 0 radical (unpaired) electrons. The molecule has 1 aliphatic rings. The van der Waals surface area contributed by atoms with Crippen molar-refractivity contribution in [1.29, 1.82) is 0 Å². The van der Waals surface area contributed by atoms with Gasteiger partial charge in [-0.2, -0.15) is 0 Å². The first-order valence-corrected chi connectivity index (χ1v) is 10.8. The normalized spacial score (nSPS) is 15.9. The van der Waals surface area contributed by atoms with Crippen LogP contribution < -0.4 is 15.8 Å². The van der Waals surface area contributed by atoms with E-state index >= 15 is 0 Å². The van der Waals surface area contributed by atoms with E-state index in [0.717, 1.165) is 53.0 Å². The van der Waals surface area contributed by atoms with Crippen LogP contribution in [0.15, 0.2) is 42.5 Å². The van der Waals surface area contributed by atoms with Gasteiger partial charge in [0.05, 0.1) is 42.8 Å². The zero-order chi connectivity index (χ0) is 21.8. The molecule has 1 unspecified atom stereocenters. The fraction of sp³-hybridized carbons (Fsp3) is 0.375. The number of hydrogen-bond donors (Lipinski definition) is 2. The lowest BCUT2D eigenvalue weighted by molar-refractivity contribution is 0.161. The van der Waals surface area contributed by atoms with Gasteiger partial charge in [0.1, 0.15) is 5.75 Å². The minimum atomic E-state index is -0.449. The molecule has 3 N–H and O–H groups in total. The van der Waals surface area contributed by atoms with E-state index in [2.05, 4.69) is 16.0 Å². The number of nitrogens with two attached hydrogens (primary N) is 1. The van der Waals surface area contributed by atoms with Gasteiger partial charge in [0.2, 0.25) is 0 Å². The van der Waals surface area contributed by atoms with Crippen LogP contribution in [0.25, 0.3) is 22.2 Å². The zero-order valence-corrected chi connectivity index (χ0v) is 18.0. The van der Waals surface area contributed by atoms with Crippen LogP contribution in [0.4, 0.5) is 16.2 Å². The van der Waals surface area contributed by atoms with E-state index in [4.69, 9.17) is 19.9 Å². The number of nitrogen functional groups attached to an aromatic ring is 1. The standard InChI is InChI=1S/C24H29N3O4/c1-3-12-31-24(28)26-17-7-5-16(6-8-17)23-22(25)20-10-9-19(30-4-2)14-21(20)27(23)18-11-13-29-15-18/h5-10,14,18H,3-4,11-13,15,25H2,1-2H3,(H,26,28). The first kappa shape index (κ1) is 21.1. The molecule has 2 heterocycles. The first-order valence-electron chi connectivity index (χ1n) is 10.8. The number of carbonyl (C=O) groups is 1. The van der Waals surface area contributed by atoms with E-state index in [9.17, 15) is 4.79 Å². The number of anilines is 2. The topological polar surface area (TPSA) is 87.7 Å². The summed E-state index contributed by atoms with van der Waals surface area (Å²) >= 11 is 0. The number of aromatic nitrogens is 1. The molecule has 1 saturated heterocycles. The number of ether oxygens (including phenoxy) is 3. The summed E-state index contributed by atoms with van der Waals surface area (Å²) in [6, 6.07) is 13.9. The van der Waals surface area contributed by atoms with E-state index < -0.39 is 6.09 Å². The number of nitrogens with one attached hydrogen (secondary N) is 1. The summed E-state index contributed by atoms with van der Waals surface area (Å²) < 4.78 is 18.8. The summed E-state index contributed by atoms with van der Waals surface area (Å²) in [5, 5.41) is 3.75. The lowest BCUT2D eigenvalue weighted by Gasteiger charge is -2.18. The highest BCUT2D eigenvalue weighted by Gasteiger charge is 2.26. The lowest BCUT2D eigenvalue weighted by Crippen LogP contribution is -2.14. The minimum Gasteiger partial charge on any atom is -0.494 e. The maximum absolute atomic E-state index is 11.8. The summed E-state index contributed by atoms with van der Waals surface area (Å²) in [5.41, 5.74) is 11.0. The van der Waals surface area contributed by atoms with Crippen LogP contribution in [-0.2, 0) is 9.47 Å². The Labute approximate surface area is 182 Å². The van der Waals surface area contributed by atoms with Crippen molar-refractivity contribution in [2.75, 3.05) is 37.5 Å². The van der Waals surface area contributed by atoms with E-state index in [1.807, 2.05) is 50.2 Å². The third-order valence-corrected chi connectivity index (χ3v) is 5.44. The highest BCUT2D eigenvalue weighted by atomic mass is 16.5. The second-order valence-electron chi connectivity index (χ2n) is 7.60. The van der Waals surface area contributed by atoms with Gasteiger partial charge in [-0.3, -0.25) is 5.32 Å². The Morgan fingerprint density at radius 2 is 2.03 bits per heavy atom. The van der Waals surface area contributed by atoms with E-state index in [-0.39, 0.29) is 6.04 Å². The maximum Gasteiger partial charge on any atom is 0.411 e. The summed E-state index contributed by atoms with van der Waals surface area (Å²) in [4.78, 5) is 11.8. The van der Waals surface area contributed by atoms with Crippen molar-refractivity contribution in [2.24, 2.45) is 0 Å². The predicted molar refractivity (Wildman–Crippen MR) is 123 cm³/mol. The summed E-state index contributed by atoms with van der Waals surface area (Å²) in [6.07, 6.45) is 1.26. The predicted octanol–water partition coefficient (Wildman–Crippen LogP) is 5.21. The van der Waals surface area contributed by atoms with Crippen LogP contribution >= 0.6 is 0 Å². The molecular formula is C24H29N3O4. The molecular weight excluding hydrogens is 394 g/mol. The smallest absolute Gasteiger partial charge is 0.411 e. The molecule has 1 aliphatic heterocycles. The van der Waals surface area contributed by atoms with Crippen LogP contribution in [0, 0.1) is 0 Å². The Hall–Kier alpha value is -3.19. The van der Waals surface area contributed by atoms with E-state index in [0.29, 0.717) is 25.5 Å².